The Labute approximate surface area is 330 Å². The zero-order valence-electron chi connectivity index (χ0n) is 34.2. The average molecular weight is 776 g/mol. The number of esters is 1. The number of hydrogen-bond donors (Lipinski definition) is 2. The van der Waals surface area contributed by atoms with E-state index < -0.39 is 13.9 Å². The Hall–Kier alpha value is -2.32. The second-order valence-corrected chi connectivity index (χ2v) is 14.9. The highest BCUT2D eigenvalue weighted by atomic mass is 31.2. The molecular weight excluding hydrogens is 697 g/mol. The van der Waals surface area contributed by atoms with Crippen molar-refractivity contribution in [2.45, 2.75) is 161 Å². The minimum atomic E-state index is -4.29. The number of unbranched alkanes of at least 4 members (excludes halogenated alkanes) is 12. The fraction of sp³-hybridized carbons (Fsp3) is 0.667. The molecule has 8 nitrogen and oxygen atoms in total. The van der Waals surface area contributed by atoms with Crippen LogP contribution < -0.4 is 5.73 Å². The molecule has 0 aliphatic carbocycles. The maximum absolute atomic E-state index is 12.6. The summed E-state index contributed by atoms with van der Waals surface area (Å²) in [5.74, 6) is -0.357. The minimum absolute atomic E-state index is 0.0902. The molecule has 3 N–H and O–H groups in total. The van der Waals surface area contributed by atoms with Crippen LogP contribution in [0.4, 0.5) is 0 Å². The van der Waals surface area contributed by atoms with Gasteiger partial charge in [-0.05, 0) is 83.5 Å². The van der Waals surface area contributed by atoms with Gasteiger partial charge in [0.15, 0.2) is 0 Å². The van der Waals surface area contributed by atoms with Gasteiger partial charge in [0.25, 0.3) is 0 Å². The summed E-state index contributed by atoms with van der Waals surface area (Å²) in [4.78, 5) is 22.5. The van der Waals surface area contributed by atoms with Crippen molar-refractivity contribution in [2.75, 3.05) is 33.0 Å². The Morgan fingerprint density at radius 1 is 0.574 bits per heavy atom. The normalized spacial score (nSPS) is 14.4. The molecule has 0 saturated heterocycles. The summed E-state index contributed by atoms with van der Waals surface area (Å²) in [5.41, 5.74) is 5.36. The quantitative estimate of drug-likeness (QED) is 0.0274. The first kappa shape index (κ1) is 51.7. The molecule has 0 bridgehead atoms. The van der Waals surface area contributed by atoms with Gasteiger partial charge < -0.3 is 20.1 Å². The molecule has 0 rings (SSSR count). The van der Waals surface area contributed by atoms with Gasteiger partial charge in [-0.3, -0.25) is 13.8 Å². The number of rotatable bonds is 39. The smallest absolute Gasteiger partial charge is 0.457 e. The summed E-state index contributed by atoms with van der Waals surface area (Å²) in [5, 5.41) is 0. The van der Waals surface area contributed by atoms with Crippen LogP contribution in [-0.2, 0) is 27.9 Å². The van der Waals surface area contributed by atoms with Crippen LogP contribution in [0.2, 0.25) is 0 Å². The number of hydrogen-bond acceptors (Lipinski definition) is 7. The molecule has 0 aromatic heterocycles. The topological polar surface area (TPSA) is 117 Å². The van der Waals surface area contributed by atoms with Crippen LogP contribution in [0.5, 0.6) is 0 Å². The summed E-state index contributed by atoms with van der Waals surface area (Å²) in [6.45, 7) is 4.67. The average Bonchev–Trinajstić information content (AvgIpc) is 3.16. The number of allylic oxidation sites excluding steroid dienone is 14. The number of carbonyl (C=O) groups excluding carboxylic acids is 1. The largest absolute Gasteiger partial charge is 0.472 e. The second-order valence-electron chi connectivity index (χ2n) is 13.5. The van der Waals surface area contributed by atoms with E-state index in [1.165, 1.54) is 25.7 Å². The van der Waals surface area contributed by atoms with Crippen molar-refractivity contribution in [3.8, 4) is 0 Å². The van der Waals surface area contributed by atoms with Gasteiger partial charge in [0, 0.05) is 19.6 Å². The van der Waals surface area contributed by atoms with Crippen molar-refractivity contribution in [3.63, 3.8) is 0 Å². The lowest BCUT2D eigenvalue weighted by Crippen LogP contribution is -2.28. The van der Waals surface area contributed by atoms with E-state index in [9.17, 15) is 14.3 Å². The minimum Gasteiger partial charge on any atom is -0.457 e. The molecule has 0 amide bonds. The maximum Gasteiger partial charge on any atom is 0.472 e. The number of carbonyl (C=O) groups is 1. The predicted octanol–water partition coefficient (Wildman–Crippen LogP) is 12.5. The van der Waals surface area contributed by atoms with Crippen molar-refractivity contribution in [1.82, 2.24) is 0 Å². The third kappa shape index (κ3) is 40.9. The SMILES string of the molecule is CC/C=C\C/C=C\C/C=C\C/C=C\C/C=C\CCCCCCCC(=O)OC(COCCCCCCCC/C=C\C/C=C\CCC)COP(=O)(O)OCCN. The molecular formula is C45H78NO7P. The summed E-state index contributed by atoms with van der Waals surface area (Å²) in [6.07, 6.45) is 53.1. The van der Waals surface area contributed by atoms with Gasteiger partial charge in [0.1, 0.15) is 6.10 Å². The van der Waals surface area contributed by atoms with Crippen LogP contribution in [0.1, 0.15) is 155 Å². The molecule has 9 heteroatoms. The van der Waals surface area contributed by atoms with Crippen LogP contribution in [0.3, 0.4) is 0 Å². The van der Waals surface area contributed by atoms with Crippen LogP contribution in [0, 0.1) is 0 Å². The van der Waals surface area contributed by atoms with E-state index in [0.29, 0.717) is 6.61 Å². The molecule has 2 atom stereocenters. The molecule has 310 valence electrons. The fourth-order valence-electron chi connectivity index (χ4n) is 5.24. The fourth-order valence-corrected chi connectivity index (χ4v) is 6.00. The highest BCUT2D eigenvalue weighted by molar-refractivity contribution is 7.47. The highest BCUT2D eigenvalue weighted by Crippen LogP contribution is 2.43. The van der Waals surface area contributed by atoms with Crippen molar-refractivity contribution < 1.29 is 32.8 Å². The Morgan fingerprint density at radius 2 is 1.04 bits per heavy atom. The Bertz CT molecular complexity index is 1100. The van der Waals surface area contributed by atoms with Gasteiger partial charge in [-0.15, -0.1) is 0 Å². The van der Waals surface area contributed by atoms with E-state index in [1.807, 2.05) is 0 Å². The molecule has 0 aliphatic heterocycles. The number of ether oxygens (including phenoxy) is 2. The van der Waals surface area contributed by atoms with Crippen molar-refractivity contribution >= 4 is 13.8 Å². The van der Waals surface area contributed by atoms with Crippen molar-refractivity contribution in [2.24, 2.45) is 5.73 Å². The zero-order chi connectivity index (χ0) is 39.5. The van der Waals surface area contributed by atoms with E-state index in [2.05, 4.69) is 98.9 Å². The molecule has 0 spiro atoms. The van der Waals surface area contributed by atoms with E-state index in [4.69, 9.17) is 24.3 Å². The summed E-state index contributed by atoms with van der Waals surface area (Å²) in [6, 6.07) is 0. The summed E-state index contributed by atoms with van der Waals surface area (Å²) in [7, 11) is -4.29. The Morgan fingerprint density at radius 3 is 1.56 bits per heavy atom. The van der Waals surface area contributed by atoms with Gasteiger partial charge in [0.2, 0.25) is 0 Å². The van der Waals surface area contributed by atoms with Gasteiger partial charge in [-0.1, -0.05) is 150 Å². The van der Waals surface area contributed by atoms with Gasteiger partial charge in [0.05, 0.1) is 19.8 Å². The van der Waals surface area contributed by atoms with Crippen molar-refractivity contribution in [3.05, 3.63) is 85.1 Å². The van der Waals surface area contributed by atoms with E-state index in [1.54, 1.807) is 0 Å². The summed E-state index contributed by atoms with van der Waals surface area (Å²) >= 11 is 0. The summed E-state index contributed by atoms with van der Waals surface area (Å²) < 4.78 is 33.4. The molecule has 0 aliphatic rings. The van der Waals surface area contributed by atoms with Gasteiger partial charge >= 0.3 is 13.8 Å². The molecule has 2 unspecified atom stereocenters. The zero-order valence-corrected chi connectivity index (χ0v) is 35.1. The predicted molar refractivity (Wildman–Crippen MR) is 228 cm³/mol. The lowest BCUT2D eigenvalue weighted by molar-refractivity contribution is -0.154. The highest BCUT2D eigenvalue weighted by Gasteiger charge is 2.25. The first-order valence-electron chi connectivity index (χ1n) is 21.1. The van der Waals surface area contributed by atoms with E-state index >= 15 is 0 Å². The molecule has 0 heterocycles. The van der Waals surface area contributed by atoms with E-state index in [-0.39, 0.29) is 38.8 Å². The second kappa shape index (κ2) is 41.8. The number of phosphoric ester groups is 1. The lowest BCUT2D eigenvalue weighted by Gasteiger charge is -2.20. The number of phosphoric acid groups is 1. The lowest BCUT2D eigenvalue weighted by atomic mass is 10.1. The van der Waals surface area contributed by atoms with Crippen molar-refractivity contribution in [1.29, 1.82) is 0 Å². The third-order valence-electron chi connectivity index (χ3n) is 8.28. The van der Waals surface area contributed by atoms with Crippen LogP contribution >= 0.6 is 7.82 Å². The third-order valence-corrected chi connectivity index (χ3v) is 9.26. The number of nitrogens with two attached hydrogens (primary N) is 1. The Balaban J connectivity index is 4.12. The first-order valence-corrected chi connectivity index (χ1v) is 22.6. The molecule has 0 aromatic rings. The monoisotopic (exact) mass is 776 g/mol. The first-order chi connectivity index (χ1) is 26.4. The van der Waals surface area contributed by atoms with E-state index in [0.717, 1.165) is 109 Å². The molecule has 0 saturated carbocycles. The molecule has 0 aromatic carbocycles. The Kier molecular flexibility index (Phi) is 40.0. The van der Waals surface area contributed by atoms with Crippen LogP contribution in [0.15, 0.2) is 85.1 Å². The standard InChI is InChI=1S/C45H78NO7P/c1-3-5-7-9-11-13-15-17-19-20-21-22-23-24-25-26-28-30-32-34-36-38-45(47)53-44(43-52-54(48,49)51-41-39-46)42-50-40-37-35-33-31-29-27-18-16-14-12-10-8-6-4-2/h5,7-8,10-11,13-14,16-17,19,21-22,24-25,44H,3-4,6,9,12,15,18,20,23,26-43,46H2,1-2H3,(H,48,49)/b7-5-,10-8-,13-11-,16-14-,19-17-,22-21-,25-24-. The van der Waals surface area contributed by atoms with Crippen LogP contribution in [0.25, 0.3) is 0 Å². The molecule has 0 radical (unpaired) electrons. The van der Waals surface area contributed by atoms with Crippen LogP contribution in [-0.4, -0.2) is 49.9 Å². The molecule has 54 heavy (non-hydrogen) atoms. The maximum atomic E-state index is 12.6. The van der Waals surface area contributed by atoms with Gasteiger partial charge in [-0.25, -0.2) is 4.57 Å². The molecule has 0 fully saturated rings. The van der Waals surface area contributed by atoms with Gasteiger partial charge in [-0.2, -0.15) is 0 Å².